The summed E-state index contributed by atoms with van der Waals surface area (Å²) in [4.78, 5) is 31.2. The lowest BCUT2D eigenvalue weighted by atomic mass is 10.1. The molecule has 1 aromatic rings. The fraction of sp³-hybridized carbons (Fsp3) is 0.400. The van der Waals surface area contributed by atoms with Crippen LogP contribution < -0.4 is 0 Å². The van der Waals surface area contributed by atoms with E-state index in [-0.39, 0.29) is 11.7 Å². The monoisotopic (exact) mass is 221 g/mol. The number of carbonyl (C=O) groups excluding carboxylic acids is 1. The maximum Gasteiger partial charge on any atom is 0.373 e. The van der Waals surface area contributed by atoms with E-state index in [1.807, 2.05) is 0 Å². The molecule has 1 aliphatic rings. The van der Waals surface area contributed by atoms with Crippen LogP contribution in [0.5, 0.6) is 0 Å². The number of carbonyl (C=O) groups is 2. The minimum atomic E-state index is -1.13. The molecule has 1 aromatic heterocycles. The van der Waals surface area contributed by atoms with Crippen LogP contribution in [0, 0.1) is 0 Å². The van der Waals surface area contributed by atoms with Gasteiger partial charge in [-0.25, -0.2) is 14.8 Å². The summed E-state index contributed by atoms with van der Waals surface area (Å²) in [6, 6.07) is 0. The SMILES string of the molecule is CC(=O)N1CCc2nc(C(=O)O)ncc2C1. The lowest BCUT2D eigenvalue weighted by Gasteiger charge is -2.26. The van der Waals surface area contributed by atoms with Crippen molar-refractivity contribution in [3.8, 4) is 0 Å². The van der Waals surface area contributed by atoms with Crippen molar-refractivity contribution in [2.45, 2.75) is 19.9 Å². The van der Waals surface area contributed by atoms with Gasteiger partial charge in [-0.1, -0.05) is 0 Å². The van der Waals surface area contributed by atoms with Crippen molar-refractivity contribution in [2.24, 2.45) is 0 Å². The summed E-state index contributed by atoms with van der Waals surface area (Å²) in [5, 5.41) is 8.74. The molecule has 0 saturated carbocycles. The minimum Gasteiger partial charge on any atom is -0.475 e. The Hall–Kier alpha value is -1.98. The molecule has 0 unspecified atom stereocenters. The fourth-order valence-electron chi connectivity index (χ4n) is 1.69. The highest BCUT2D eigenvalue weighted by Gasteiger charge is 2.21. The fourth-order valence-corrected chi connectivity index (χ4v) is 1.69. The predicted molar refractivity (Wildman–Crippen MR) is 53.8 cm³/mol. The average molecular weight is 221 g/mol. The van der Waals surface area contributed by atoms with E-state index in [0.717, 1.165) is 11.3 Å². The van der Waals surface area contributed by atoms with Gasteiger partial charge in [0.2, 0.25) is 11.7 Å². The standard InChI is InChI=1S/C10H11N3O3/c1-6(14)13-3-2-8-7(5-13)4-11-9(12-8)10(15)16/h4H,2-3,5H2,1H3,(H,15,16). The zero-order chi connectivity index (χ0) is 11.7. The maximum absolute atomic E-state index is 11.2. The third-order valence-electron chi connectivity index (χ3n) is 2.57. The molecule has 16 heavy (non-hydrogen) atoms. The van der Waals surface area contributed by atoms with Crippen LogP contribution in [0.25, 0.3) is 0 Å². The number of carboxylic acids is 1. The van der Waals surface area contributed by atoms with E-state index < -0.39 is 5.97 Å². The Morgan fingerprint density at radius 1 is 1.50 bits per heavy atom. The third kappa shape index (κ3) is 1.86. The van der Waals surface area contributed by atoms with E-state index >= 15 is 0 Å². The van der Waals surface area contributed by atoms with Gasteiger partial charge < -0.3 is 10.0 Å². The first-order valence-corrected chi connectivity index (χ1v) is 4.91. The molecule has 0 radical (unpaired) electrons. The highest BCUT2D eigenvalue weighted by atomic mass is 16.4. The van der Waals surface area contributed by atoms with Gasteiger partial charge in [-0.3, -0.25) is 4.79 Å². The Balaban J connectivity index is 2.29. The molecular formula is C10H11N3O3. The average Bonchev–Trinajstić information content (AvgIpc) is 2.27. The summed E-state index contributed by atoms with van der Waals surface area (Å²) < 4.78 is 0. The van der Waals surface area contributed by atoms with E-state index in [0.29, 0.717) is 19.5 Å². The second-order valence-electron chi connectivity index (χ2n) is 3.66. The Bertz CT molecular complexity index is 459. The normalized spacial score (nSPS) is 14.4. The molecule has 84 valence electrons. The maximum atomic E-state index is 11.2. The molecule has 0 aromatic carbocycles. The number of amides is 1. The van der Waals surface area contributed by atoms with Gasteiger partial charge in [-0.2, -0.15) is 0 Å². The van der Waals surface area contributed by atoms with Gasteiger partial charge >= 0.3 is 5.97 Å². The third-order valence-corrected chi connectivity index (χ3v) is 2.57. The van der Waals surface area contributed by atoms with Gasteiger partial charge in [0.25, 0.3) is 0 Å². The van der Waals surface area contributed by atoms with Crippen molar-refractivity contribution in [2.75, 3.05) is 6.54 Å². The van der Waals surface area contributed by atoms with Gasteiger partial charge in [0, 0.05) is 38.2 Å². The van der Waals surface area contributed by atoms with Crippen LogP contribution in [0.4, 0.5) is 0 Å². The molecule has 0 spiro atoms. The molecule has 0 saturated heterocycles. The van der Waals surface area contributed by atoms with Gasteiger partial charge in [0.15, 0.2) is 0 Å². The van der Waals surface area contributed by atoms with E-state index in [1.165, 1.54) is 13.1 Å². The van der Waals surface area contributed by atoms with E-state index in [9.17, 15) is 9.59 Å². The molecule has 0 bridgehead atoms. The van der Waals surface area contributed by atoms with Crippen LogP contribution in [-0.4, -0.2) is 38.4 Å². The number of nitrogens with zero attached hydrogens (tertiary/aromatic N) is 3. The number of aromatic nitrogens is 2. The number of fused-ring (bicyclic) bond motifs is 1. The number of carboxylic acid groups (broad SMARTS) is 1. The Morgan fingerprint density at radius 2 is 2.25 bits per heavy atom. The molecular weight excluding hydrogens is 210 g/mol. The molecule has 1 aliphatic heterocycles. The Morgan fingerprint density at radius 3 is 2.88 bits per heavy atom. The van der Waals surface area contributed by atoms with Gasteiger partial charge in [0.05, 0.1) is 5.69 Å². The summed E-state index contributed by atoms with van der Waals surface area (Å²) in [6.07, 6.45) is 2.07. The van der Waals surface area contributed by atoms with Crippen LogP contribution in [-0.2, 0) is 17.8 Å². The topological polar surface area (TPSA) is 83.4 Å². The second-order valence-corrected chi connectivity index (χ2v) is 3.66. The van der Waals surface area contributed by atoms with Gasteiger partial charge in [0.1, 0.15) is 0 Å². The molecule has 2 heterocycles. The molecule has 0 aliphatic carbocycles. The molecule has 1 amide bonds. The Labute approximate surface area is 91.9 Å². The van der Waals surface area contributed by atoms with Crippen molar-refractivity contribution >= 4 is 11.9 Å². The summed E-state index contributed by atoms with van der Waals surface area (Å²) in [5.41, 5.74) is 1.55. The van der Waals surface area contributed by atoms with Crippen molar-refractivity contribution < 1.29 is 14.7 Å². The quantitative estimate of drug-likeness (QED) is 0.726. The lowest BCUT2D eigenvalue weighted by Crippen LogP contribution is -2.35. The summed E-state index contributed by atoms with van der Waals surface area (Å²) in [7, 11) is 0. The highest BCUT2D eigenvalue weighted by molar-refractivity contribution is 5.83. The van der Waals surface area contributed by atoms with Gasteiger partial charge in [-0.05, 0) is 0 Å². The first-order chi connectivity index (χ1) is 7.58. The van der Waals surface area contributed by atoms with Crippen molar-refractivity contribution in [3.63, 3.8) is 0 Å². The highest BCUT2D eigenvalue weighted by Crippen LogP contribution is 2.16. The lowest BCUT2D eigenvalue weighted by molar-refractivity contribution is -0.129. The molecule has 6 nitrogen and oxygen atoms in total. The van der Waals surface area contributed by atoms with Crippen LogP contribution in [0.2, 0.25) is 0 Å². The van der Waals surface area contributed by atoms with E-state index in [4.69, 9.17) is 5.11 Å². The Kier molecular flexibility index (Phi) is 2.55. The summed E-state index contributed by atoms with van der Waals surface area (Å²) >= 11 is 0. The molecule has 6 heteroatoms. The number of hydrogen-bond donors (Lipinski definition) is 1. The van der Waals surface area contributed by atoms with Crippen LogP contribution in [0.1, 0.15) is 28.8 Å². The van der Waals surface area contributed by atoms with Crippen LogP contribution in [0.15, 0.2) is 6.20 Å². The zero-order valence-electron chi connectivity index (χ0n) is 8.80. The van der Waals surface area contributed by atoms with E-state index in [2.05, 4.69) is 9.97 Å². The van der Waals surface area contributed by atoms with Crippen LogP contribution in [0.3, 0.4) is 0 Å². The van der Waals surface area contributed by atoms with Gasteiger partial charge in [-0.15, -0.1) is 0 Å². The molecule has 0 atom stereocenters. The second kappa shape index (κ2) is 3.88. The first-order valence-electron chi connectivity index (χ1n) is 4.91. The van der Waals surface area contributed by atoms with Crippen molar-refractivity contribution in [3.05, 3.63) is 23.3 Å². The largest absolute Gasteiger partial charge is 0.475 e. The number of aromatic carboxylic acids is 1. The summed E-state index contributed by atoms with van der Waals surface area (Å²) in [6.45, 7) is 2.56. The number of hydrogen-bond acceptors (Lipinski definition) is 4. The summed E-state index contributed by atoms with van der Waals surface area (Å²) in [5.74, 6) is -1.31. The zero-order valence-corrected chi connectivity index (χ0v) is 8.80. The molecule has 1 N–H and O–H groups in total. The van der Waals surface area contributed by atoms with Crippen molar-refractivity contribution in [1.82, 2.24) is 14.9 Å². The minimum absolute atomic E-state index is 0.00737. The smallest absolute Gasteiger partial charge is 0.373 e. The number of rotatable bonds is 1. The molecule has 2 rings (SSSR count). The predicted octanol–water partition coefficient (Wildman–Crippen LogP) is 0.0794. The van der Waals surface area contributed by atoms with Crippen molar-refractivity contribution in [1.29, 1.82) is 0 Å². The molecule has 0 fully saturated rings. The van der Waals surface area contributed by atoms with Crippen LogP contribution >= 0.6 is 0 Å². The first kappa shape index (κ1) is 10.5. The van der Waals surface area contributed by atoms with E-state index in [1.54, 1.807) is 4.90 Å².